The van der Waals surface area contributed by atoms with Crippen LogP contribution in [0, 0.1) is 12.7 Å². The molecule has 0 aliphatic heterocycles. The van der Waals surface area contributed by atoms with Crippen molar-refractivity contribution in [3.63, 3.8) is 0 Å². The van der Waals surface area contributed by atoms with Gasteiger partial charge in [0.15, 0.2) is 5.58 Å². The zero-order chi connectivity index (χ0) is 20.4. The summed E-state index contributed by atoms with van der Waals surface area (Å²) in [7, 11) is 0. The van der Waals surface area contributed by atoms with Gasteiger partial charge in [0.1, 0.15) is 11.3 Å². The Kier molecular flexibility index (Phi) is 5.32. The molecule has 0 fully saturated rings. The van der Waals surface area contributed by atoms with Crippen molar-refractivity contribution >= 4 is 28.6 Å². The van der Waals surface area contributed by atoms with Gasteiger partial charge in [-0.1, -0.05) is 41.9 Å². The lowest BCUT2D eigenvalue weighted by molar-refractivity contribution is 0.0715. The second kappa shape index (κ2) is 8.05. The van der Waals surface area contributed by atoms with Crippen LogP contribution in [0.5, 0.6) is 0 Å². The lowest BCUT2D eigenvalue weighted by Gasteiger charge is -2.22. The summed E-state index contributed by atoms with van der Waals surface area (Å²) >= 11 is 6.29. The summed E-state index contributed by atoms with van der Waals surface area (Å²) in [6, 6.07) is 18.6. The molecule has 1 amide bonds. The first-order valence-corrected chi connectivity index (χ1v) is 9.52. The summed E-state index contributed by atoms with van der Waals surface area (Å²) in [6.07, 6.45) is 0. The second-order valence-corrected chi connectivity index (χ2v) is 7.25. The fourth-order valence-electron chi connectivity index (χ4n) is 3.15. The Morgan fingerprint density at radius 2 is 1.90 bits per heavy atom. The molecule has 0 saturated carbocycles. The molecule has 4 nitrogen and oxygen atoms in total. The molecule has 146 valence electrons. The number of halogens is 2. The quantitative estimate of drug-likeness (QED) is 0.421. The number of fused-ring (bicyclic) bond motifs is 1. The number of carbonyl (C=O) groups is 1. The molecular weight excluding hydrogens is 391 g/mol. The number of oxazole rings is 1. The molecule has 0 aliphatic rings. The van der Waals surface area contributed by atoms with Gasteiger partial charge in [-0.3, -0.25) is 4.79 Å². The molecule has 0 atom stereocenters. The predicted octanol–water partition coefficient (Wildman–Crippen LogP) is 5.77. The van der Waals surface area contributed by atoms with Gasteiger partial charge >= 0.3 is 0 Å². The minimum atomic E-state index is -0.467. The highest BCUT2D eigenvalue weighted by Crippen LogP contribution is 2.22. The molecule has 0 radical (unpaired) electrons. The van der Waals surface area contributed by atoms with Crippen LogP contribution in [-0.2, 0) is 13.1 Å². The van der Waals surface area contributed by atoms with E-state index < -0.39 is 5.82 Å². The zero-order valence-electron chi connectivity index (χ0n) is 15.7. The molecule has 0 bridgehead atoms. The van der Waals surface area contributed by atoms with Crippen molar-refractivity contribution < 1.29 is 13.6 Å². The Bertz CT molecular complexity index is 1190. The van der Waals surface area contributed by atoms with Crippen LogP contribution < -0.4 is 0 Å². The number of nitrogens with zero attached hydrogens (tertiary/aromatic N) is 2. The Morgan fingerprint density at radius 1 is 1.07 bits per heavy atom. The molecule has 0 aliphatic carbocycles. The van der Waals surface area contributed by atoms with Crippen LogP contribution in [0.15, 0.2) is 71.1 Å². The van der Waals surface area contributed by atoms with Crippen LogP contribution in [0.1, 0.15) is 27.4 Å². The Labute approximate surface area is 172 Å². The Hall–Kier alpha value is -3.18. The van der Waals surface area contributed by atoms with Gasteiger partial charge in [0.2, 0.25) is 5.89 Å². The first-order chi connectivity index (χ1) is 14.0. The zero-order valence-corrected chi connectivity index (χ0v) is 16.5. The van der Waals surface area contributed by atoms with Crippen LogP contribution in [0.25, 0.3) is 11.1 Å². The SMILES string of the molecule is Cc1ccc2oc(CN(Cc3ccccc3Cl)C(=O)c3cccc(F)c3)nc2c1. The lowest BCUT2D eigenvalue weighted by Crippen LogP contribution is -2.30. The van der Waals surface area contributed by atoms with Crippen LogP contribution in [0.4, 0.5) is 4.39 Å². The maximum Gasteiger partial charge on any atom is 0.254 e. The van der Waals surface area contributed by atoms with Gasteiger partial charge in [-0.25, -0.2) is 9.37 Å². The van der Waals surface area contributed by atoms with E-state index in [-0.39, 0.29) is 24.6 Å². The van der Waals surface area contributed by atoms with Crippen LogP contribution in [-0.4, -0.2) is 15.8 Å². The molecular formula is C23H18ClFN2O2. The maximum absolute atomic E-state index is 13.7. The highest BCUT2D eigenvalue weighted by atomic mass is 35.5. The van der Waals surface area contributed by atoms with E-state index in [1.807, 2.05) is 43.3 Å². The van der Waals surface area contributed by atoms with Crippen molar-refractivity contribution in [1.29, 1.82) is 0 Å². The molecule has 6 heteroatoms. The number of aromatic nitrogens is 1. The molecule has 1 aromatic heterocycles. The van der Waals surface area contributed by atoms with Gasteiger partial charge < -0.3 is 9.32 Å². The minimum Gasteiger partial charge on any atom is -0.439 e. The van der Waals surface area contributed by atoms with Gasteiger partial charge in [0.25, 0.3) is 5.91 Å². The monoisotopic (exact) mass is 408 g/mol. The van der Waals surface area contributed by atoms with Crippen molar-refractivity contribution in [3.05, 3.63) is 100 Å². The number of hydrogen-bond donors (Lipinski definition) is 0. The summed E-state index contributed by atoms with van der Waals surface area (Å²) in [5, 5.41) is 0.553. The molecule has 4 rings (SSSR count). The molecule has 4 aromatic rings. The van der Waals surface area contributed by atoms with E-state index in [4.69, 9.17) is 16.0 Å². The van der Waals surface area contributed by atoms with Crippen LogP contribution in [0.3, 0.4) is 0 Å². The van der Waals surface area contributed by atoms with Crippen molar-refractivity contribution in [1.82, 2.24) is 9.88 Å². The number of amides is 1. The third-order valence-electron chi connectivity index (χ3n) is 4.59. The van der Waals surface area contributed by atoms with Crippen molar-refractivity contribution in [2.24, 2.45) is 0 Å². The number of hydrogen-bond acceptors (Lipinski definition) is 3. The van der Waals surface area contributed by atoms with Crippen molar-refractivity contribution in [2.45, 2.75) is 20.0 Å². The van der Waals surface area contributed by atoms with Gasteiger partial charge in [-0.05, 0) is 54.4 Å². The van der Waals surface area contributed by atoms with E-state index in [2.05, 4.69) is 4.98 Å². The van der Waals surface area contributed by atoms with E-state index in [1.165, 1.54) is 18.2 Å². The smallest absolute Gasteiger partial charge is 0.254 e. The van der Waals surface area contributed by atoms with E-state index in [9.17, 15) is 9.18 Å². The molecule has 0 N–H and O–H groups in total. The minimum absolute atomic E-state index is 0.133. The molecule has 0 spiro atoms. The molecule has 29 heavy (non-hydrogen) atoms. The van der Waals surface area contributed by atoms with Crippen LogP contribution in [0.2, 0.25) is 5.02 Å². The predicted molar refractivity (Wildman–Crippen MR) is 110 cm³/mol. The Balaban J connectivity index is 1.68. The van der Waals surface area contributed by atoms with Gasteiger partial charge in [-0.2, -0.15) is 0 Å². The first kappa shape index (κ1) is 19.2. The average Bonchev–Trinajstić information content (AvgIpc) is 3.10. The fraction of sp³-hybridized carbons (Fsp3) is 0.130. The van der Waals surface area contributed by atoms with Crippen molar-refractivity contribution in [3.8, 4) is 0 Å². The van der Waals surface area contributed by atoms with E-state index in [1.54, 1.807) is 17.0 Å². The molecule has 3 aromatic carbocycles. The van der Waals surface area contributed by atoms with E-state index in [0.717, 1.165) is 16.6 Å². The lowest BCUT2D eigenvalue weighted by atomic mass is 10.1. The highest BCUT2D eigenvalue weighted by Gasteiger charge is 2.21. The third-order valence-corrected chi connectivity index (χ3v) is 4.96. The van der Waals surface area contributed by atoms with Crippen molar-refractivity contribution in [2.75, 3.05) is 0 Å². The van der Waals surface area contributed by atoms with Gasteiger partial charge in [0.05, 0.1) is 6.54 Å². The summed E-state index contributed by atoms with van der Waals surface area (Å²) in [6.45, 7) is 2.35. The summed E-state index contributed by atoms with van der Waals surface area (Å²) in [4.78, 5) is 19.2. The third kappa shape index (κ3) is 4.30. The van der Waals surface area contributed by atoms with E-state index in [0.29, 0.717) is 16.5 Å². The largest absolute Gasteiger partial charge is 0.439 e. The number of aryl methyl sites for hydroxylation is 1. The summed E-state index contributed by atoms with van der Waals surface area (Å²) in [5.41, 5.74) is 3.49. The normalized spacial score (nSPS) is 11.0. The van der Waals surface area contributed by atoms with Gasteiger partial charge in [0, 0.05) is 17.1 Å². The average molecular weight is 409 g/mol. The molecule has 0 unspecified atom stereocenters. The van der Waals surface area contributed by atoms with Gasteiger partial charge in [-0.15, -0.1) is 0 Å². The van der Waals surface area contributed by atoms with Crippen LogP contribution >= 0.6 is 11.6 Å². The maximum atomic E-state index is 13.7. The number of rotatable bonds is 5. The molecule has 1 heterocycles. The standard InChI is InChI=1S/C23H18ClFN2O2/c1-15-9-10-21-20(11-15)26-22(29-21)14-27(13-17-5-2-3-8-19(17)24)23(28)16-6-4-7-18(25)12-16/h2-12H,13-14H2,1H3. The topological polar surface area (TPSA) is 46.3 Å². The first-order valence-electron chi connectivity index (χ1n) is 9.14. The molecule has 0 saturated heterocycles. The second-order valence-electron chi connectivity index (χ2n) is 6.84. The number of carbonyl (C=O) groups excluding carboxylic acids is 1. The Morgan fingerprint density at radius 3 is 2.69 bits per heavy atom. The highest BCUT2D eigenvalue weighted by molar-refractivity contribution is 6.31. The summed E-state index contributed by atoms with van der Waals surface area (Å²) in [5.74, 6) is -0.392. The summed E-state index contributed by atoms with van der Waals surface area (Å²) < 4.78 is 19.5. The fourth-order valence-corrected chi connectivity index (χ4v) is 3.35. The number of benzene rings is 3. The van der Waals surface area contributed by atoms with E-state index >= 15 is 0 Å².